The lowest BCUT2D eigenvalue weighted by Gasteiger charge is -1.97. The maximum Gasteiger partial charge on any atom is 0.404 e. The molecular formula is C3H7NO3P+. The smallest absolute Gasteiger partial charge is 0.198 e. The highest BCUT2D eigenvalue weighted by Crippen LogP contribution is 2.44. The van der Waals surface area contributed by atoms with Crippen LogP contribution in [0.3, 0.4) is 0 Å². The molecule has 0 aliphatic rings. The quantitative estimate of drug-likeness (QED) is 0.452. The van der Waals surface area contributed by atoms with E-state index in [0.717, 1.165) is 0 Å². The van der Waals surface area contributed by atoms with Crippen LogP contribution in [0.15, 0.2) is 0 Å². The Balaban J connectivity index is 3.28. The van der Waals surface area contributed by atoms with E-state index in [1.54, 1.807) is 6.07 Å². The maximum atomic E-state index is 8.22. The fourth-order valence-electron chi connectivity index (χ4n) is 0.200. The summed E-state index contributed by atoms with van der Waals surface area (Å²) in [7, 11) is -3.65. The number of hydrogen-bond donors (Lipinski definition) is 3. The summed E-state index contributed by atoms with van der Waals surface area (Å²) in [4.78, 5) is 24.7. The van der Waals surface area contributed by atoms with Crippen LogP contribution in [0.25, 0.3) is 0 Å². The number of rotatable bonds is 2. The molecule has 5 heteroatoms. The van der Waals surface area contributed by atoms with Gasteiger partial charge in [0.2, 0.25) is 0 Å². The van der Waals surface area contributed by atoms with Gasteiger partial charge in [0, 0.05) is 0 Å². The Morgan fingerprint density at radius 3 is 2.00 bits per heavy atom. The van der Waals surface area contributed by atoms with Gasteiger partial charge in [0.05, 0.1) is 12.5 Å². The summed E-state index contributed by atoms with van der Waals surface area (Å²) in [5.41, 5.74) is 0. The summed E-state index contributed by atoms with van der Waals surface area (Å²) in [6.07, 6.45) is -0.235. The average Bonchev–Trinajstić information content (AvgIpc) is 1.59. The van der Waals surface area contributed by atoms with Crippen LogP contribution in [0.4, 0.5) is 0 Å². The van der Waals surface area contributed by atoms with Gasteiger partial charge in [-0.25, -0.2) is 0 Å². The summed E-state index contributed by atoms with van der Waals surface area (Å²) in [6.45, 7) is 0. The Morgan fingerprint density at radius 2 is 1.88 bits per heavy atom. The van der Waals surface area contributed by atoms with Gasteiger partial charge in [-0.2, -0.15) is 19.9 Å². The molecule has 0 aromatic heterocycles. The van der Waals surface area contributed by atoms with Crippen LogP contribution in [-0.2, 0) is 0 Å². The number of hydrogen-bond acceptors (Lipinski definition) is 4. The van der Waals surface area contributed by atoms with Crippen LogP contribution in [0.1, 0.15) is 6.42 Å². The summed E-state index contributed by atoms with van der Waals surface area (Å²) >= 11 is 0. The summed E-state index contributed by atoms with van der Waals surface area (Å²) < 4.78 is 0. The summed E-state index contributed by atoms with van der Waals surface area (Å²) in [5, 5.41) is 7.86. The molecule has 3 N–H and O–H groups in total. The first-order valence-electron chi connectivity index (χ1n) is 1.99. The van der Waals surface area contributed by atoms with Gasteiger partial charge in [0.1, 0.15) is 0 Å². The summed E-state index contributed by atoms with van der Waals surface area (Å²) in [5.74, 6) is 0. The lowest BCUT2D eigenvalue weighted by atomic mass is 10.6. The molecule has 46 valence electrons. The molecule has 0 fully saturated rings. The molecule has 0 rings (SSSR count). The second kappa shape index (κ2) is 2.95. The molecule has 8 heavy (non-hydrogen) atoms. The van der Waals surface area contributed by atoms with E-state index in [9.17, 15) is 0 Å². The van der Waals surface area contributed by atoms with Crippen molar-refractivity contribution < 1.29 is 14.7 Å². The van der Waals surface area contributed by atoms with Gasteiger partial charge in [0.25, 0.3) is 0 Å². The first-order valence-corrected chi connectivity index (χ1v) is 3.83. The van der Waals surface area contributed by atoms with Gasteiger partial charge in [-0.1, -0.05) is 0 Å². The van der Waals surface area contributed by atoms with Crippen molar-refractivity contribution in [1.29, 1.82) is 5.26 Å². The van der Waals surface area contributed by atoms with E-state index in [2.05, 4.69) is 0 Å². The molecule has 4 nitrogen and oxygen atoms in total. The van der Waals surface area contributed by atoms with Crippen LogP contribution < -0.4 is 0 Å². The molecular weight excluding hydrogens is 129 g/mol. The van der Waals surface area contributed by atoms with Crippen LogP contribution in [0.2, 0.25) is 0 Å². The van der Waals surface area contributed by atoms with Crippen molar-refractivity contribution in [2.75, 3.05) is 6.16 Å². The van der Waals surface area contributed by atoms with E-state index in [-0.39, 0.29) is 12.6 Å². The second-order valence-corrected chi connectivity index (χ2v) is 3.16. The van der Waals surface area contributed by atoms with Crippen LogP contribution >= 0.6 is 7.94 Å². The minimum absolute atomic E-state index is 0.0166. The standard InChI is InChI=1S/C3H7NO3P/c4-2-1-3-8(5,6)7/h5-7H,1,3H2/q+1. The van der Waals surface area contributed by atoms with Gasteiger partial charge >= 0.3 is 7.94 Å². The van der Waals surface area contributed by atoms with E-state index in [1.807, 2.05) is 0 Å². The highest BCUT2D eigenvalue weighted by atomic mass is 31.2. The minimum Gasteiger partial charge on any atom is -0.198 e. The number of nitrogens with zero attached hydrogens (tertiary/aromatic N) is 1. The predicted molar refractivity (Wildman–Crippen MR) is 28.7 cm³/mol. The third-order valence-electron chi connectivity index (χ3n) is 0.524. The lowest BCUT2D eigenvalue weighted by Crippen LogP contribution is -1.92. The predicted octanol–water partition coefficient (Wildman–Crippen LogP) is -0.360. The Bertz CT molecular complexity index is 102. The van der Waals surface area contributed by atoms with Crippen molar-refractivity contribution in [3.63, 3.8) is 0 Å². The highest BCUT2D eigenvalue weighted by molar-refractivity contribution is 7.58. The van der Waals surface area contributed by atoms with Crippen LogP contribution in [0, 0.1) is 11.3 Å². The SMILES string of the molecule is N#CCC[P+](O)(O)O. The van der Waals surface area contributed by atoms with E-state index >= 15 is 0 Å². The molecule has 0 atom stereocenters. The van der Waals surface area contributed by atoms with E-state index in [4.69, 9.17) is 19.9 Å². The van der Waals surface area contributed by atoms with Crippen LogP contribution in [0.5, 0.6) is 0 Å². The summed E-state index contributed by atoms with van der Waals surface area (Å²) in [6, 6.07) is 1.67. The molecule has 0 aromatic carbocycles. The van der Waals surface area contributed by atoms with Gasteiger partial charge in [0.15, 0.2) is 6.16 Å². The molecule has 0 unspecified atom stereocenters. The Morgan fingerprint density at radius 1 is 1.38 bits per heavy atom. The Hall–Kier alpha value is -0.200. The van der Waals surface area contributed by atoms with Crippen molar-refractivity contribution in [2.24, 2.45) is 0 Å². The molecule has 0 aliphatic heterocycles. The highest BCUT2D eigenvalue weighted by Gasteiger charge is 2.28. The van der Waals surface area contributed by atoms with Crippen molar-refractivity contribution in [2.45, 2.75) is 6.42 Å². The molecule has 0 saturated heterocycles. The topological polar surface area (TPSA) is 84.5 Å². The third-order valence-corrected chi connectivity index (χ3v) is 1.35. The van der Waals surface area contributed by atoms with Gasteiger partial charge < -0.3 is 0 Å². The van der Waals surface area contributed by atoms with Gasteiger partial charge in [-0.3, -0.25) is 0 Å². The average molecular weight is 136 g/mol. The molecule has 0 heterocycles. The molecule has 0 aliphatic carbocycles. The van der Waals surface area contributed by atoms with E-state index < -0.39 is 7.94 Å². The minimum atomic E-state index is -3.65. The largest absolute Gasteiger partial charge is 0.404 e. The molecule has 0 saturated carbocycles. The van der Waals surface area contributed by atoms with Crippen molar-refractivity contribution in [3.8, 4) is 6.07 Å². The fourth-order valence-corrected chi connectivity index (χ4v) is 0.600. The second-order valence-electron chi connectivity index (χ2n) is 1.32. The first kappa shape index (κ1) is 7.80. The van der Waals surface area contributed by atoms with Crippen molar-refractivity contribution in [3.05, 3.63) is 0 Å². The zero-order valence-corrected chi connectivity index (χ0v) is 5.04. The first-order chi connectivity index (χ1) is 3.56. The van der Waals surface area contributed by atoms with E-state index in [1.165, 1.54) is 0 Å². The molecule has 0 radical (unpaired) electrons. The lowest BCUT2D eigenvalue weighted by molar-refractivity contribution is 0.331. The monoisotopic (exact) mass is 136 g/mol. The Kier molecular flexibility index (Phi) is 2.88. The molecule has 0 spiro atoms. The van der Waals surface area contributed by atoms with Gasteiger partial charge in [-0.05, 0) is 0 Å². The molecule has 0 bridgehead atoms. The Labute approximate surface area is 47.6 Å². The molecule has 0 aromatic rings. The van der Waals surface area contributed by atoms with Crippen molar-refractivity contribution in [1.82, 2.24) is 0 Å². The van der Waals surface area contributed by atoms with Crippen molar-refractivity contribution >= 4 is 7.94 Å². The van der Waals surface area contributed by atoms with Crippen LogP contribution in [-0.4, -0.2) is 20.8 Å². The number of nitriles is 1. The zero-order chi connectivity index (χ0) is 6.62. The fraction of sp³-hybridized carbons (Fsp3) is 0.667. The van der Waals surface area contributed by atoms with E-state index in [0.29, 0.717) is 0 Å². The zero-order valence-electron chi connectivity index (χ0n) is 4.15. The van der Waals surface area contributed by atoms with Gasteiger partial charge in [-0.15, -0.1) is 0 Å². The maximum absolute atomic E-state index is 8.22. The normalized spacial score (nSPS) is 10.8. The molecule has 0 amide bonds. The third kappa shape index (κ3) is 5.80.